The normalized spacial score (nSPS) is 11.0. The number of rotatable bonds is 5. The van der Waals surface area contributed by atoms with E-state index in [1.165, 1.54) is 0 Å². The van der Waals surface area contributed by atoms with Gasteiger partial charge in [-0.05, 0) is 31.0 Å². The van der Waals surface area contributed by atoms with Crippen molar-refractivity contribution in [3.63, 3.8) is 0 Å². The zero-order valence-corrected chi connectivity index (χ0v) is 10.6. The molecule has 1 aromatic rings. The fraction of sp³-hybridized carbons (Fsp3) is 0.385. The van der Waals surface area contributed by atoms with E-state index < -0.39 is 0 Å². The third-order valence-electron chi connectivity index (χ3n) is 2.16. The Balaban J connectivity index is 2.93. The van der Waals surface area contributed by atoms with E-state index >= 15 is 0 Å². The Morgan fingerprint density at radius 3 is 2.75 bits per heavy atom. The van der Waals surface area contributed by atoms with Crippen molar-refractivity contribution >= 4 is 18.7 Å². The SMILES string of the molecule is CCC/C=C/c1ccc(OCC)c(F)c1S. The summed E-state index contributed by atoms with van der Waals surface area (Å²) < 4.78 is 18.9. The summed E-state index contributed by atoms with van der Waals surface area (Å²) in [5.41, 5.74) is 0.790. The number of thiol groups is 1. The first-order valence-electron chi connectivity index (χ1n) is 5.51. The lowest BCUT2D eigenvalue weighted by Crippen LogP contribution is -1.96. The molecule has 0 unspecified atom stereocenters. The van der Waals surface area contributed by atoms with Crippen LogP contribution in [0.1, 0.15) is 32.3 Å². The predicted molar refractivity (Wildman–Crippen MR) is 68.8 cm³/mol. The molecular formula is C13H17FOS. The molecule has 0 aliphatic carbocycles. The van der Waals surface area contributed by atoms with Crippen LogP contribution in [0.4, 0.5) is 4.39 Å². The molecule has 1 rings (SSSR count). The molecule has 0 radical (unpaired) electrons. The number of benzene rings is 1. The van der Waals surface area contributed by atoms with Crippen molar-refractivity contribution in [2.45, 2.75) is 31.6 Å². The van der Waals surface area contributed by atoms with E-state index in [1.807, 2.05) is 25.1 Å². The van der Waals surface area contributed by atoms with Crippen LogP contribution in [-0.4, -0.2) is 6.61 Å². The highest BCUT2D eigenvalue weighted by Crippen LogP contribution is 2.27. The second kappa shape index (κ2) is 6.59. The number of allylic oxidation sites excluding steroid dienone is 1. The van der Waals surface area contributed by atoms with E-state index in [0.717, 1.165) is 18.4 Å². The molecule has 0 fully saturated rings. The molecule has 0 aliphatic heterocycles. The monoisotopic (exact) mass is 240 g/mol. The number of hydrogen-bond donors (Lipinski definition) is 1. The summed E-state index contributed by atoms with van der Waals surface area (Å²) >= 11 is 4.17. The van der Waals surface area contributed by atoms with Crippen LogP contribution < -0.4 is 4.74 Å². The highest BCUT2D eigenvalue weighted by Gasteiger charge is 2.09. The van der Waals surface area contributed by atoms with Crippen LogP contribution in [0.5, 0.6) is 5.75 Å². The minimum atomic E-state index is -0.385. The Morgan fingerprint density at radius 2 is 2.12 bits per heavy atom. The number of halogens is 1. The molecule has 1 aromatic carbocycles. The second-order valence-electron chi connectivity index (χ2n) is 3.44. The highest BCUT2D eigenvalue weighted by molar-refractivity contribution is 7.80. The number of hydrogen-bond acceptors (Lipinski definition) is 2. The molecule has 0 heterocycles. The Hall–Kier alpha value is -0.960. The van der Waals surface area contributed by atoms with Crippen molar-refractivity contribution < 1.29 is 9.13 Å². The van der Waals surface area contributed by atoms with Crippen LogP contribution in [0, 0.1) is 5.82 Å². The van der Waals surface area contributed by atoms with E-state index in [-0.39, 0.29) is 11.6 Å². The summed E-state index contributed by atoms with van der Waals surface area (Å²) in [6.07, 6.45) is 5.99. The maximum absolute atomic E-state index is 13.7. The third-order valence-corrected chi connectivity index (χ3v) is 2.62. The average molecular weight is 240 g/mol. The van der Waals surface area contributed by atoms with Gasteiger partial charge in [-0.2, -0.15) is 0 Å². The van der Waals surface area contributed by atoms with Gasteiger partial charge in [0.05, 0.1) is 11.5 Å². The molecule has 0 spiro atoms. The third kappa shape index (κ3) is 3.27. The molecular weight excluding hydrogens is 223 g/mol. The van der Waals surface area contributed by atoms with E-state index in [2.05, 4.69) is 19.6 Å². The molecule has 3 heteroatoms. The van der Waals surface area contributed by atoms with Gasteiger partial charge in [-0.1, -0.05) is 25.5 Å². The molecule has 0 amide bonds. The van der Waals surface area contributed by atoms with Crippen LogP contribution in [0.2, 0.25) is 0 Å². The van der Waals surface area contributed by atoms with Gasteiger partial charge in [-0.3, -0.25) is 0 Å². The summed E-state index contributed by atoms with van der Waals surface area (Å²) in [7, 11) is 0. The Bertz CT molecular complexity index is 374. The topological polar surface area (TPSA) is 9.23 Å². The van der Waals surface area contributed by atoms with Gasteiger partial charge in [0, 0.05) is 0 Å². The predicted octanol–water partition coefficient (Wildman–Crippen LogP) is 4.33. The first-order chi connectivity index (χ1) is 7.70. The maximum atomic E-state index is 13.7. The molecule has 0 bridgehead atoms. The Labute approximate surface area is 102 Å². The van der Waals surface area contributed by atoms with Gasteiger partial charge in [-0.25, -0.2) is 4.39 Å². The largest absolute Gasteiger partial charge is 0.491 e. The lowest BCUT2D eigenvalue weighted by Gasteiger charge is -2.08. The molecule has 0 aromatic heterocycles. The zero-order chi connectivity index (χ0) is 12.0. The number of ether oxygens (including phenoxy) is 1. The summed E-state index contributed by atoms with van der Waals surface area (Å²) in [5, 5.41) is 0. The minimum Gasteiger partial charge on any atom is -0.491 e. The lowest BCUT2D eigenvalue weighted by molar-refractivity contribution is 0.318. The van der Waals surface area contributed by atoms with Gasteiger partial charge in [0.1, 0.15) is 0 Å². The van der Waals surface area contributed by atoms with Crippen molar-refractivity contribution in [3.8, 4) is 5.75 Å². The van der Waals surface area contributed by atoms with Crippen molar-refractivity contribution in [1.82, 2.24) is 0 Å². The maximum Gasteiger partial charge on any atom is 0.178 e. The van der Waals surface area contributed by atoms with E-state index in [0.29, 0.717) is 11.5 Å². The smallest absolute Gasteiger partial charge is 0.178 e. The Kier molecular flexibility index (Phi) is 5.39. The van der Waals surface area contributed by atoms with Crippen LogP contribution in [-0.2, 0) is 0 Å². The minimum absolute atomic E-state index is 0.264. The summed E-state index contributed by atoms with van der Waals surface area (Å²) in [6, 6.07) is 3.47. The fourth-order valence-electron chi connectivity index (χ4n) is 1.34. The molecule has 16 heavy (non-hydrogen) atoms. The van der Waals surface area contributed by atoms with E-state index in [9.17, 15) is 4.39 Å². The van der Waals surface area contributed by atoms with E-state index in [1.54, 1.807) is 6.07 Å². The quantitative estimate of drug-likeness (QED) is 0.754. The molecule has 0 N–H and O–H groups in total. The Morgan fingerprint density at radius 1 is 1.38 bits per heavy atom. The first-order valence-corrected chi connectivity index (χ1v) is 5.96. The fourth-order valence-corrected chi connectivity index (χ4v) is 1.60. The van der Waals surface area contributed by atoms with E-state index in [4.69, 9.17) is 4.74 Å². The standard InChI is InChI=1S/C13H17FOS/c1-3-5-6-7-10-8-9-11(15-4-2)12(14)13(10)16/h6-9,16H,3-5H2,1-2H3/b7-6+. The molecule has 0 atom stereocenters. The van der Waals surface area contributed by atoms with Crippen molar-refractivity contribution in [2.24, 2.45) is 0 Å². The summed E-state index contributed by atoms with van der Waals surface area (Å²) in [4.78, 5) is 0.346. The number of unbranched alkanes of at least 4 members (excludes halogenated alkanes) is 1. The van der Waals surface area contributed by atoms with Crippen LogP contribution >= 0.6 is 12.6 Å². The van der Waals surface area contributed by atoms with Gasteiger partial charge >= 0.3 is 0 Å². The van der Waals surface area contributed by atoms with Crippen LogP contribution in [0.25, 0.3) is 6.08 Å². The average Bonchev–Trinajstić information content (AvgIpc) is 2.28. The van der Waals surface area contributed by atoms with Crippen molar-refractivity contribution in [3.05, 3.63) is 29.6 Å². The summed E-state index contributed by atoms with van der Waals surface area (Å²) in [6.45, 7) is 4.38. The zero-order valence-electron chi connectivity index (χ0n) is 9.66. The van der Waals surface area contributed by atoms with Gasteiger partial charge in [0.25, 0.3) is 0 Å². The second-order valence-corrected chi connectivity index (χ2v) is 3.89. The molecule has 88 valence electrons. The van der Waals surface area contributed by atoms with Gasteiger partial charge < -0.3 is 4.74 Å². The molecule has 1 nitrogen and oxygen atoms in total. The molecule has 0 aliphatic rings. The van der Waals surface area contributed by atoms with Gasteiger partial charge in [-0.15, -0.1) is 12.6 Å². The van der Waals surface area contributed by atoms with Crippen LogP contribution in [0.15, 0.2) is 23.1 Å². The van der Waals surface area contributed by atoms with Crippen LogP contribution in [0.3, 0.4) is 0 Å². The van der Waals surface area contributed by atoms with Crippen molar-refractivity contribution in [1.29, 1.82) is 0 Å². The molecule has 0 saturated carbocycles. The highest BCUT2D eigenvalue weighted by atomic mass is 32.1. The van der Waals surface area contributed by atoms with Gasteiger partial charge in [0.2, 0.25) is 0 Å². The van der Waals surface area contributed by atoms with Gasteiger partial charge in [0.15, 0.2) is 11.6 Å². The summed E-state index contributed by atoms with van der Waals surface area (Å²) in [5.74, 6) is -0.121. The molecule has 0 saturated heterocycles. The van der Waals surface area contributed by atoms with Crippen molar-refractivity contribution in [2.75, 3.05) is 6.61 Å². The lowest BCUT2D eigenvalue weighted by atomic mass is 10.1. The first kappa shape index (κ1) is 13.1.